The fraction of sp³-hybridized carbons (Fsp3) is 0.632. The summed E-state index contributed by atoms with van der Waals surface area (Å²) in [6.45, 7) is 5.88. The first-order chi connectivity index (χ1) is 10.9. The van der Waals surface area contributed by atoms with Gasteiger partial charge in [0.2, 0.25) is 0 Å². The van der Waals surface area contributed by atoms with E-state index in [1.54, 1.807) is 13.0 Å². The van der Waals surface area contributed by atoms with Crippen LogP contribution in [0, 0.1) is 24.7 Å². The zero-order valence-electron chi connectivity index (χ0n) is 14.1. The van der Waals surface area contributed by atoms with Crippen LogP contribution >= 0.6 is 11.6 Å². The van der Waals surface area contributed by atoms with Crippen LogP contribution < -0.4 is 10.1 Å². The van der Waals surface area contributed by atoms with Gasteiger partial charge in [-0.05, 0) is 81.5 Å². The number of hydrogen-bond donors (Lipinski definition) is 1. The van der Waals surface area contributed by atoms with Gasteiger partial charge in [0.15, 0.2) is 6.10 Å². The molecule has 0 saturated heterocycles. The summed E-state index contributed by atoms with van der Waals surface area (Å²) in [5.74, 6) is 3.03. The van der Waals surface area contributed by atoms with E-state index in [0.29, 0.717) is 16.7 Å². The minimum atomic E-state index is -0.504. The maximum absolute atomic E-state index is 12.4. The van der Waals surface area contributed by atoms with Crippen molar-refractivity contribution in [3.05, 3.63) is 28.8 Å². The van der Waals surface area contributed by atoms with Gasteiger partial charge in [-0.1, -0.05) is 18.0 Å². The van der Waals surface area contributed by atoms with Gasteiger partial charge in [-0.15, -0.1) is 0 Å². The second kappa shape index (κ2) is 6.72. The summed E-state index contributed by atoms with van der Waals surface area (Å²) in [5, 5.41) is 3.85. The lowest BCUT2D eigenvalue weighted by molar-refractivity contribution is -0.128. The third-order valence-corrected chi connectivity index (χ3v) is 5.85. The van der Waals surface area contributed by atoms with E-state index in [1.165, 1.54) is 25.7 Å². The van der Waals surface area contributed by atoms with Crippen LogP contribution in [0.5, 0.6) is 5.75 Å². The Kier molecular flexibility index (Phi) is 4.86. The molecule has 23 heavy (non-hydrogen) atoms. The molecule has 1 aromatic carbocycles. The highest BCUT2D eigenvalue weighted by atomic mass is 35.5. The van der Waals surface area contributed by atoms with E-state index in [2.05, 4.69) is 12.2 Å². The maximum Gasteiger partial charge on any atom is 0.260 e. The molecule has 2 aliphatic rings. The van der Waals surface area contributed by atoms with Crippen molar-refractivity contribution in [1.29, 1.82) is 0 Å². The molecule has 0 unspecified atom stereocenters. The van der Waals surface area contributed by atoms with Crippen molar-refractivity contribution in [2.45, 2.75) is 58.6 Å². The second-order valence-corrected chi connectivity index (χ2v) is 7.74. The second-order valence-electron chi connectivity index (χ2n) is 7.31. The van der Waals surface area contributed by atoms with Crippen LogP contribution in [0.25, 0.3) is 0 Å². The van der Waals surface area contributed by atoms with Crippen LogP contribution in [-0.2, 0) is 4.79 Å². The molecule has 0 spiro atoms. The molecule has 4 heteroatoms. The van der Waals surface area contributed by atoms with Crippen LogP contribution in [0.2, 0.25) is 5.02 Å². The van der Waals surface area contributed by atoms with E-state index in [1.807, 2.05) is 19.1 Å². The number of ether oxygens (including phenoxy) is 1. The van der Waals surface area contributed by atoms with E-state index in [-0.39, 0.29) is 11.9 Å². The Bertz CT molecular complexity index is 589. The van der Waals surface area contributed by atoms with E-state index >= 15 is 0 Å². The summed E-state index contributed by atoms with van der Waals surface area (Å²) in [5.41, 5.74) is 0.943. The van der Waals surface area contributed by atoms with Gasteiger partial charge in [0, 0.05) is 11.1 Å². The van der Waals surface area contributed by atoms with Crippen molar-refractivity contribution in [2.75, 3.05) is 0 Å². The van der Waals surface area contributed by atoms with Crippen molar-refractivity contribution in [3.8, 4) is 5.75 Å². The molecule has 3 rings (SSSR count). The molecule has 0 aliphatic heterocycles. The van der Waals surface area contributed by atoms with Gasteiger partial charge >= 0.3 is 0 Å². The highest BCUT2D eigenvalue weighted by molar-refractivity contribution is 6.30. The Labute approximate surface area is 143 Å². The largest absolute Gasteiger partial charge is 0.481 e. The van der Waals surface area contributed by atoms with Gasteiger partial charge < -0.3 is 10.1 Å². The quantitative estimate of drug-likeness (QED) is 0.868. The van der Waals surface area contributed by atoms with Gasteiger partial charge in [-0.2, -0.15) is 0 Å². The van der Waals surface area contributed by atoms with E-state index in [4.69, 9.17) is 16.3 Å². The van der Waals surface area contributed by atoms with Crippen LogP contribution in [0.1, 0.15) is 45.1 Å². The number of fused-ring (bicyclic) bond motifs is 2. The van der Waals surface area contributed by atoms with Crippen molar-refractivity contribution in [3.63, 3.8) is 0 Å². The Balaban J connectivity index is 1.55. The molecule has 2 fully saturated rings. The van der Waals surface area contributed by atoms with E-state index in [0.717, 1.165) is 17.4 Å². The fourth-order valence-electron chi connectivity index (χ4n) is 4.34. The summed E-state index contributed by atoms with van der Waals surface area (Å²) in [6.07, 6.45) is 4.86. The first-order valence-corrected chi connectivity index (χ1v) is 9.05. The Morgan fingerprint density at radius 2 is 2.09 bits per heavy atom. The minimum absolute atomic E-state index is 0.0328. The molecule has 2 saturated carbocycles. The topological polar surface area (TPSA) is 38.3 Å². The van der Waals surface area contributed by atoms with E-state index in [9.17, 15) is 4.79 Å². The van der Waals surface area contributed by atoms with Crippen molar-refractivity contribution < 1.29 is 9.53 Å². The molecule has 2 bridgehead atoms. The number of aryl methyl sites for hydroxylation is 1. The fourth-order valence-corrected chi connectivity index (χ4v) is 4.57. The standard InChI is InChI=1S/C19H26ClNO2/c1-11-8-16(20)6-7-18(11)23-13(3)19(22)21-12(2)17-10-14-4-5-15(17)9-14/h6-8,12-15,17H,4-5,9-10H2,1-3H3,(H,21,22)/t12-,13-,14+,15+,17-/m1/s1. The third kappa shape index (κ3) is 3.65. The minimum Gasteiger partial charge on any atom is -0.481 e. The zero-order chi connectivity index (χ0) is 16.6. The number of carbonyl (C=O) groups is 1. The highest BCUT2D eigenvalue weighted by Gasteiger charge is 2.42. The number of rotatable bonds is 5. The molecule has 0 radical (unpaired) electrons. The highest BCUT2D eigenvalue weighted by Crippen LogP contribution is 2.49. The van der Waals surface area contributed by atoms with Crippen molar-refractivity contribution in [2.24, 2.45) is 17.8 Å². The smallest absolute Gasteiger partial charge is 0.260 e. The monoisotopic (exact) mass is 335 g/mol. The summed E-state index contributed by atoms with van der Waals surface area (Å²) in [4.78, 5) is 12.4. The van der Waals surface area contributed by atoms with Gasteiger partial charge in [-0.25, -0.2) is 0 Å². The molecule has 0 heterocycles. The molecule has 3 nitrogen and oxygen atoms in total. The maximum atomic E-state index is 12.4. The molecular weight excluding hydrogens is 310 g/mol. The molecule has 5 atom stereocenters. The number of amides is 1. The summed E-state index contributed by atoms with van der Waals surface area (Å²) in [6, 6.07) is 5.68. The lowest BCUT2D eigenvalue weighted by Gasteiger charge is -2.29. The van der Waals surface area contributed by atoms with Crippen LogP contribution in [0.15, 0.2) is 18.2 Å². The average Bonchev–Trinajstić information content (AvgIpc) is 3.12. The number of halogens is 1. The van der Waals surface area contributed by atoms with Crippen molar-refractivity contribution in [1.82, 2.24) is 5.32 Å². The third-order valence-electron chi connectivity index (χ3n) is 5.61. The average molecular weight is 336 g/mol. The Morgan fingerprint density at radius 1 is 1.30 bits per heavy atom. The lowest BCUT2D eigenvalue weighted by atomic mass is 9.84. The summed E-state index contributed by atoms with van der Waals surface area (Å²) >= 11 is 5.95. The molecule has 1 N–H and O–H groups in total. The Hall–Kier alpha value is -1.22. The number of nitrogens with one attached hydrogen (secondary N) is 1. The normalized spacial score (nSPS) is 28.4. The van der Waals surface area contributed by atoms with Crippen LogP contribution in [0.3, 0.4) is 0 Å². The van der Waals surface area contributed by atoms with E-state index < -0.39 is 6.10 Å². The van der Waals surface area contributed by atoms with Gasteiger partial charge in [-0.3, -0.25) is 4.79 Å². The molecule has 2 aliphatic carbocycles. The molecule has 0 aromatic heterocycles. The first kappa shape index (κ1) is 16.6. The number of carbonyl (C=O) groups excluding carboxylic acids is 1. The first-order valence-electron chi connectivity index (χ1n) is 8.67. The predicted molar refractivity (Wildman–Crippen MR) is 92.8 cm³/mol. The number of hydrogen-bond acceptors (Lipinski definition) is 2. The van der Waals surface area contributed by atoms with Gasteiger partial charge in [0.1, 0.15) is 5.75 Å². The summed E-state index contributed by atoms with van der Waals surface area (Å²) in [7, 11) is 0. The summed E-state index contributed by atoms with van der Waals surface area (Å²) < 4.78 is 5.82. The Morgan fingerprint density at radius 3 is 2.70 bits per heavy atom. The lowest BCUT2D eigenvalue weighted by Crippen LogP contribution is -2.45. The van der Waals surface area contributed by atoms with Gasteiger partial charge in [0.25, 0.3) is 5.91 Å². The molecular formula is C19H26ClNO2. The van der Waals surface area contributed by atoms with Crippen LogP contribution in [-0.4, -0.2) is 18.1 Å². The molecule has 1 amide bonds. The zero-order valence-corrected chi connectivity index (χ0v) is 14.9. The SMILES string of the molecule is Cc1cc(Cl)ccc1O[C@H](C)C(=O)N[C@H](C)[C@H]1C[C@H]2CC[C@H]1C2. The predicted octanol–water partition coefficient (Wildman–Crippen LogP) is 4.36. The number of benzene rings is 1. The molecule has 126 valence electrons. The molecule has 1 aromatic rings. The van der Waals surface area contributed by atoms with Crippen molar-refractivity contribution >= 4 is 17.5 Å². The van der Waals surface area contributed by atoms with Gasteiger partial charge in [0.05, 0.1) is 0 Å². The van der Waals surface area contributed by atoms with Crippen LogP contribution in [0.4, 0.5) is 0 Å².